The smallest absolute Gasteiger partial charge is 0.240 e. The maximum Gasteiger partial charge on any atom is 0.240 e. The average molecular weight is 463 g/mol. The number of ether oxygens (including phenoxy) is 3. The Morgan fingerprint density at radius 2 is 1.81 bits per heavy atom. The quantitative estimate of drug-likeness (QED) is 0.583. The molecule has 1 saturated heterocycles. The summed E-state index contributed by atoms with van der Waals surface area (Å²) in [6.45, 7) is 3.04. The number of methoxy groups -OCH3 is 2. The molecule has 1 aliphatic rings. The second-order valence-electron chi connectivity index (χ2n) is 7.41. The summed E-state index contributed by atoms with van der Waals surface area (Å²) in [6.07, 6.45) is 1.82. The number of benzene rings is 2. The molecule has 8 nitrogen and oxygen atoms in total. The molecule has 2 aromatic carbocycles. The first kappa shape index (κ1) is 23.9. The largest absolute Gasteiger partial charge is 0.494 e. The molecule has 3 rings (SSSR count). The van der Waals surface area contributed by atoms with E-state index in [0.717, 1.165) is 18.4 Å². The first-order valence-electron chi connectivity index (χ1n) is 10.6. The second kappa shape index (κ2) is 10.7. The minimum absolute atomic E-state index is 0.0313. The first-order valence-corrected chi connectivity index (χ1v) is 12.1. The van der Waals surface area contributed by atoms with Gasteiger partial charge in [-0.25, -0.2) is 13.1 Å². The van der Waals surface area contributed by atoms with Crippen LogP contribution in [0.3, 0.4) is 0 Å². The Morgan fingerprint density at radius 1 is 1.09 bits per heavy atom. The van der Waals surface area contributed by atoms with E-state index in [-0.39, 0.29) is 29.8 Å². The van der Waals surface area contributed by atoms with Crippen LogP contribution in [0.2, 0.25) is 0 Å². The molecular formula is C23H30N2O6S. The normalized spacial score (nSPS) is 16.1. The Labute approximate surface area is 189 Å². The van der Waals surface area contributed by atoms with E-state index in [1.807, 2.05) is 30.0 Å². The van der Waals surface area contributed by atoms with E-state index in [0.29, 0.717) is 30.4 Å². The van der Waals surface area contributed by atoms with Gasteiger partial charge in [-0.1, -0.05) is 6.07 Å². The van der Waals surface area contributed by atoms with Gasteiger partial charge in [0.15, 0.2) is 11.5 Å². The van der Waals surface area contributed by atoms with E-state index >= 15 is 0 Å². The van der Waals surface area contributed by atoms with Gasteiger partial charge in [-0.05, 0) is 61.7 Å². The summed E-state index contributed by atoms with van der Waals surface area (Å²) >= 11 is 0. The molecule has 0 aliphatic carbocycles. The van der Waals surface area contributed by atoms with Crippen LogP contribution >= 0.6 is 0 Å². The van der Waals surface area contributed by atoms with Gasteiger partial charge in [0.1, 0.15) is 5.75 Å². The van der Waals surface area contributed by atoms with Gasteiger partial charge < -0.3 is 19.1 Å². The maximum atomic E-state index is 12.9. The van der Waals surface area contributed by atoms with Gasteiger partial charge in [-0.3, -0.25) is 4.79 Å². The van der Waals surface area contributed by atoms with Gasteiger partial charge in [-0.2, -0.15) is 0 Å². The standard InChI is InChI=1S/C23H30N2O6S/c1-4-31-18-8-10-19(11-9-18)32(27,28)24-14-13-23(26)25-15-5-6-20(25)17-7-12-21(29-2)22(16-17)30-3/h7-12,16,20,24H,4-6,13-15H2,1-3H3. The predicted octanol–water partition coefficient (Wildman–Crippen LogP) is 3.13. The summed E-state index contributed by atoms with van der Waals surface area (Å²) in [6, 6.07) is 11.8. The molecule has 1 heterocycles. The van der Waals surface area contributed by atoms with Crippen molar-refractivity contribution >= 4 is 15.9 Å². The van der Waals surface area contributed by atoms with Gasteiger partial charge in [0.25, 0.3) is 0 Å². The zero-order valence-corrected chi connectivity index (χ0v) is 19.5. The van der Waals surface area contributed by atoms with Crippen molar-refractivity contribution in [1.29, 1.82) is 0 Å². The summed E-state index contributed by atoms with van der Waals surface area (Å²) in [5.41, 5.74) is 0.975. The molecule has 0 radical (unpaired) electrons. The Kier molecular flexibility index (Phi) is 7.98. The molecule has 0 bridgehead atoms. The number of amides is 1. The van der Waals surface area contributed by atoms with Gasteiger partial charge in [0, 0.05) is 19.5 Å². The molecule has 32 heavy (non-hydrogen) atoms. The number of hydrogen-bond acceptors (Lipinski definition) is 6. The van der Waals surface area contributed by atoms with Crippen molar-refractivity contribution in [3.8, 4) is 17.2 Å². The molecule has 1 atom stereocenters. The van der Waals surface area contributed by atoms with Crippen LogP contribution in [0.15, 0.2) is 47.4 Å². The lowest BCUT2D eigenvalue weighted by Crippen LogP contribution is -2.34. The van der Waals surface area contributed by atoms with Crippen LogP contribution in [0.4, 0.5) is 0 Å². The van der Waals surface area contributed by atoms with Crippen LogP contribution in [0, 0.1) is 0 Å². The van der Waals surface area contributed by atoms with Gasteiger partial charge in [-0.15, -0.1) is 0 Å². The van der Waals surface area contributed by atoms with Crippen molar-refractivity contribution in [3.05, 3.63) is 48.0 Å². The molecule has 174 valence electrons. The summed E-state index contributed by atoms with van der Waals surface area (Å²) in [4.78, 5) is 14.8. The zero-order valence-electron chi connectivity index (χ0n) is 18.7. The number of carbonyl (C=O) groups excluding carboxylic acids is 1. The lowest BCUT2D eigenvalue weighted by molar-refractivity contribution is -0.131. The molecule has 9 heteroatoms. The third-order valence-electron chi connectivity index (χ3n) is 5.44. The summed E-state index contributed by atoms with van der Waals surface area (Å²) in [5.74, 6) is 1.77. The van der Waals surface area contributed by atoms with Gasteiger partial charge in [0.05, 0.1) is 31.8 Å². The van der Waals surface area contributed by atoms with E-state index in [9.17, 15) is 13.2 Å². The van der Waals surface area contributed by atoms with Crippen molar-refractivity contribution in [2.75, 3.05) is 33.9 Å². The van der Waals surface area contributed by atoms with Crippen molar-refractivity contribution < 1.29 is 27.4 Å². The maximum absolute atomic E-state index is 12.9. The molecule has 1 fully saturated rings. The van der Waals surface area contributed by atoms with Crippen LogP contribution in [0.1, 0.15) is 37.8 Å². The first-order chi connectivity index (χ1) is 15.4. The average Bonchev–Trinajstić information content (AvgIpc) is 3.29. The van der Waals surface area contributed by atoms with Crippen molar-refractivity contribution in [2.24, 2.45) is 0 Å². The van der Waals surface area contributed by atoms with E-state index in [2.05, 4.69) is 4.72 Å². The van der Waals surface area contributed by atoms with Crippen LogP contribution in [0.5, 0.6) is 17.2 Å². The molecule has 2 aromatic rings. The molecule has 1 aliphatic heterocycles. The summed E-state index contributed by atoms with van der Waals surface area (Å²) < 4.78 is 43.6. The third kappa shape index (κ3) is 5.52. The Balaban J connectivity index is 1.60. The van der Waals surface area contributed by atoms with Crippen molar-refractivity contribution in [1.82, 2.24) is 9.62 Å². The molecule has 1 unspecified atom stereocenters. The Bertz CT molecular complexity index is 1020. The highest BCUT2D eigenvalue weighted by Crippen LogP contribution is 2.37. The lowest BCUT2D eigenvalue weighted by Gasteiger charge is -2.26. The predicted molar refractivity (Wildman–Crippen MR) is 121 cm³/mol. The fraction of sp³-hybridized carbons (Fsp3) is 0.435. The molecule has 0 aromatic heterocycles. The number of sulfonamides is 1. The monoisotopic (exact) mass is 462 g/mol. The van der Waals surface area contributed by atoms with E-state index < -0.39 is 10.0 Å². The minimum atomic E-state index is -3.70. The van der Waals surface area contributed by atoms with E-state index in [1.54, 1.807) is 26.4 Å². The number of nitrogens with one attached hydrogen (secondary N) is 1. The molecule has 0 saturated carbocycles. The number of rotatable bonds is 10. The van der Waals surface area contributed by atoms with Crippen molar-refractivity contribution in [3.63, 3.8) is 0 Å². The molecule has 1 amide bonds. The second-order valence-corrected chi connectivity index (χ2v) is 9.18. The number of nitrogens with zero attached hydrogens (tertiary/aromatic N) is 1. The summed E-state index contributed by atoms with van der Waals surface area (Å²) in [7, 11) is -0.541. The molecule has 1 N–H and O–H groups in total. The number of carbonyl (C=O) groups is 1. The minimum Gasteiger partial charge on any atom is -0.494 e. The van der Waals surface area contributed by atoms with Crippen molar-refractivity contribution in [2.45, 2.75) is 37.1 Å². The number of likely N-dealkylation sites (tertiary alicyclic amines) is 1. The topological polar surface area (TPSA) is 94.2 Å². The Morgan fingerprint density at radius 3 is 2.47 bits per heavy atom. The van der Waals surface area contributed by atoms with Gasteiger partial charge >= 0.3 is 0 Å². The Hall–Kier alpha value is -2.78. The third-order valence-corrected chi connectivity index (χ3v) is 6.92. The van der Waals surface area contributed by atoms with Crippen LogP contribution in [-0.4, -0.2) is 53.1 Å². The van der Waals surface area contributed by atoms with Crippen LogP contribution in [-0.2, 0) is 14.8 Å². The molecular weight excluding hydrogens is 432 g/mol. The highest BCUT2D eigenvalue weighted by Gasteiger charge is 2.30. The fourth-order valence-electron chi connectivity index (χ4n) is 3.87. The fourth-order valence-corrected chi connectivity index (χ4v) is 4.90. The highest BCUT2D eigenvalue weighted by molar-refractivity contribution is 7.89. The van der Waals surface area contributed by atoms with E-state index in [4.69, 9.17) is 14.2 Å². The number of hydrogen-bond donors (Lipinski definition) is 1. The van der Waals surface area contributed by atoms with E-state index in [1.165, 1.54) is 12.1 Å². The van der Waals surface area contributed by atoms with Gasteiger partial charge in [0.2, 0.25) is 15.9 Å². The molecule has 0 spiro atoms. The summed E-state index contributed by atoms with van der Waals surface area (Å²) in [5, 5.41) is 0. The SMILES string of the molecule is CCOc1ccc(S(=O)(=O)NCCC(=O)N2CCCC2c2ccc(OC)c(OC)c2)cc1. The van der Waals surface area contributed by atoms with Crippen LogP contribution in [0.25, 0.3) is 0 Å². The highest BCUT2D eigenvalue weighted by atomic mass is 32.2. The zero-order chi connectivity index (χ0) is 23.1. The lowest BCUT2D eigenvalue weighted by atomic mass is 10.0. The van der Waals surface area contributed by atoms with Crippen LogP contribution < -0.4 is 18.9 Å².